The average molecular weight is 166 g/mol. The number of hydrogen-bond donors (Lipinski definition) is 0. The molecule has 0 aromatic carbocycles. The molecule has 0 aliphatic carbocycles. The maximum atomic E-state index is 10.9. The lowest BCUT2D eigenvalue weighted by molar-refractivity contribution is -0.606. The second-order valence-corrected chi connectivity index (χ2v) is 3.25. The Labute approximate surface area is 72.8 Å². The lowest BCUT2D eigenvalue weighted by Crippen LogP contribution is -2.26. The van der Waals surface area contributed by atoms with Crippen LogP contribution in [0.15, 0.2) is 18.5 Å². The maximum absolute atomic E-state index is 10.9. The molecule has 0 fully saturated rings. The molecule has 0 bridgehead atoms. The summed E-state index contributed by atoms with van der Waals surface area (Å²) in [6, 6.07) is 1.84. The second kappa shape index (κ2) is 3.54. The van der Waals surface area contributed by atoms with Crippen molar-refractivity contribution in [3.05, 3.63) is 34.8 Å². The van der Waals surface area contributed by atoms with Crippen molar-refractivity contribution in [1.82, 2.24) is 4.90 Å². The summed E-state index contributed by atoms with van der Waals surface area (Å²) in [7, 11) is 3.98. The predicted octanol–water partition coefficient (Wildman–Crippen LogP) is 0.690. The van der Waals surface area contributed by atoms with Crippen LogP contribution in [0.2, 0.25) is 0 Å². The molecule has 1 aromatic rings. The Balaban J connectivity index is 2.90. The molecule has 0 spiro atoms. The van der Waals surface area contributed by atoms with E-state index in [0.717, 1.165) is 22.4 Å². The van der Waals surface area contributed by atoms with E-state index in [2.05, 4.69) is 0 Å². The van der Waals surface area contributed by atoms with Gasteiger partial charge in [0.2, 0.25) is 0 Å². The summed E-state index contributed by atoms with van der Waals surface area (Å²) in [6.45, 7) is 2.83. The highest BCUT2D eigenvalue weighted by molar-refractivity contribution is 5.18. The number of pyridine rings is 1. The van der Waals surface area contributed by atoms with Crippen LogP contribution in [0.25, 0.3) is 0 Å². The van der Waals surface area contributed by atoms with E-state index in [9.17, 15) is 5.21 Å². The van der Waals surface area contributed by atoms with Crippen molar-refractivity contribution < 1.29 is 4.73 Å². The number of rotatable bonds is 2. The topological polar surface area (TPSA) is 30.2 Å². The monoisotopic (exact) mass is 166 g/mol. The fourth-order valence-electron chi connectivity index (χ4n) is 1.10. The standard InChI is InChI=1S/C9H14N2O/c1-8-4-5-11(12)7-9(8)6-10(2)3/h4-5,7H,6H2,1-3H3. The quantitative estimate of drug-likeness (QED) is 0.478. The Morgan fingerprint density at radius 1 is 1.50 bits per heavy atom. The van der Waals surface area contributed by atoms with E-state index in [-0.39, 0.29) is 0 Å². The molecular formula is C9H14N2O. The van der Waals surface area contributed by atoms with Crippen LogP contribution in [0.1, 0.15) is 11.1 Å². The SMILES string of the molecule is Cc1cc[n+]([O-])cc1CN(C)C. The summed E-state index contributed by atoms with van der Waals surface area (Å²) in [6.07, 6.45) is 3.14. The molecule has 1 aromatic heterocycles. The van der Waals surface area contributed by atoms with Crippen molar-refractivity contribution in [1.29, 1.82) is 0 Å². The number of aromatic nitrogens is 1. The minimum atomic E-state index is 0.814. The van der Waals surface area contributed by atoms with E-state index in [4.69, 9.17) is 0 Å². The molecule has 0 aliphatic heterocycles. The van der Waals surface area contributed by atoms with Gasteiger partial charge in [0.15, 0.2) is 12.4 Å². The first kappa shape index (κ1) is 9.00. The van der Waals surface area contributed by atoms with E-state index in [0.29, 0.717) is 0 Å². The summed E-state index contributed by atoms with van der Waals surface area (Å²) in [4.78, 5) is 2.04. The Morgan fingerprint density at radius 3 is 2.75 bits per heavy atom. The zero-order valence-corrected chi connectivity index (χ0v) is 7.74. The third-order valence-electron chi connectivity index (χ3n) is 1.75. The van der Waals surface area contributed by atoms with Crippen LogP contribution in [-0.4, -0.2) is 19.0 Å². The lowest BCUT2D eigenvalue weighted by Gasteiger charge is -2.10. The molecule has 1 rings (SSSR count). The average Bonchev–Trinajstić information content (AvgIpc) is 1.96. The van der Waals surface area contributed by atoms with Gasteiger partial charge >= 0.3 is 0 Å². The van der Waals surface area contributed by atoms with Crippen LogP contribution in [0.5, 0.6) is 0 Å². The van der Waals surface area contributed by atoms with Crippen molar-refractivity contribution in [3.8, 4) is 0 Å². The fourth-order valence-corrected chi connectivity index (χ4v) is 1.10. The van der Waals surface area contributed by atoms with Gasteiger partial charge in [0, 0.05) is 18.2 Å². The third kappa shape index (κ3) is 2.20. The van der Waals surface area contributed by atoms with Crippen molar-refractivity contribution in [2.24, 2.45) is 0 Å². The van der Waals surface area contributed by atoms with Gasteiger partial charge in [-0.25, -0.2) is 0 Å². The molecule has 0 unspecified atom stereocenters. The van der Waals surface area contributed by atoms with Crippen LogP contribution >= 0.6 is 0 Å². The van der Waals surface area contributed by atoms with Gasteiger partial charge in [-0.3, -0.25) is 0 Å². The normalized spacial score (nSPS) is 10.7. The van der Waals surface area contributed by atoms with Gasteiger partial charge in [0.1, 0.15) is 0 Å². The zero-order valence-electron chi connectivity index (χ0n) is 7.74. The maximum Gasteiger partial charge on any atom is 0.185 e. The highest BCUT2D eigenvalue weighted by atomic mass is 16.5. The summed E-state index contributed by atoms with van der Waals surface area (Å²) < 4.78 is 0.839. The molecule has 0 amide bonds. The number of nitrogens with zero attached hydrogens (tertiary/aromatic N) is 2. The summed E-state index contributed by atoms with van der Waals surface area (Å²) in [5.41, 5.74) is 2.24. The van der Waals surface area contributed by atoms with Crippen molar-refractivity contribution in [3.63, 3.8) is 0 Å². The first-order valence-corrected chi connectivity index (χ1v) is 3.92. The van der Waals surface area contributed by atoms with E-state index >= 15 is 0 Å². The summed E-state index contributed by atoms with van der Waals surface area (Å²) in [5.74, 6) is 0. The summed E-state index contributed by atoms with van der Waals surface area (Å²) in [5, 5.41) is 10.9. The van der Waals surface area contributed by atoms with E-state index in [1.807, 2.05) is 32.0 Å². The minimum Gasteiger partial charge on any atom is -0.619 e. The van der Waals surface area contributed by atoms with E-state index < -0.39 is 0 Å². The predicted molar refractivity (Wildman–Crippen MR) is 47.5 cm³/mol. The van der Waals surface area contributed by atoms with Crippen molar-refractivity contribution >= 4 is 0 Å². The van der Waals surface area contributed by atoms with Gasteiger partial charge in [-0.1, -0.05) is 0 Å². The van der Waals surface area contributed by atoms with E-state index in [1.165, 1.54) is 6.20 Å². The Hall–Kier alpha value is -1.09. The molecule has 0 N–H and O–H groups in total. The lowest BCUT2D eigenvalue weighted by atomic mass is 10.1. The molecule has 0 atom stereocenters. The van der Waals surface area contributed by atoms with Gasteiger partial charge in [0.25, 0.3) is 0 Å². The first-order chi connectivity index (χ1) is 5.59. The molecule has 1 heterocycles. The van der Waals surface area contributed by atoms with Crippen molar-refractivity contribution in [2.75, 3.05) is 14.1 Å². The Bertz CT molecular complexity index is 271. The van der Waals surface area contributed by atoms with Crippen LogP contribution in [0, 0.1) is 12.1 Å². The molecular weight excluding hydrogens is 152 g/mol. The smallest absolute Gasteiger partial charge is 0.185 e. The molecule has 3 heteroatoms. The van der Waals surface area contributed by atoms with Gasteiger partial charge < -0.3 is 10.1 Å². The third-order valence-corrected chi connectivity index (χ3v) is 1.75. The van der Waals surface area contributed by atoms with Crippen LogP contribution in [-0.2, 0) is 6.54 Å². The highest BCUT2D eigenvalue weighted by Gasteiger charge is 2.03. The highest BCUT2D eigenvalue weighted by Crippen LogP contribution is 2.05. The summed E-state index contributed by atoms with van der Waals surface area (Å²) >= 11 is 0. The molecule has 0 radical (unpaired) electrons. The largest absolute Gasteiger partial charge is 0.619 e. The van der Waals surface area contributed by atoms with Gasteiger partial charge in [-0.15, -0.1) is 0 Å². The molecule has 0 aliphatic rings. The zero-order chi connectivity index (χ0) is 9.14. The second-order valence-electron chi connectivity index (χ2n) is 3.25. The van der Waals surface area contributed by atoms with Gasteiger partial charge in [-0.2, -0.15) is 4.73 Å². The Kier molecular flexibility index (Phi) is 2.65. The fraction of sp³-hybridized carbons (Fsp3) is 0.444. The van der Waals surface area contributed by atoms with Crippen LogP contribution in [0.4, 0.5) is 0 Å². The number of hydrogen-bond acceptors (Lipinski definition) is 2. The molecule has 66 valence electrons. The van der Waals surface area contributed by atoms with Gasteiger partial charge in [-0.05, 0) is 26.6 Å². The first-order valence-electron chi connectivity index (χ1n) is 3.92. The van der Waals surface area contributed by atoms with Crippen LogP contribution in [0.3, 0.4) is 0 Å². The Morgan fingerprint density at radius 2 is 2.17 bits per heavy atom. The molecule has 3 nitrogen and oxygen atoms in total. The van der Waals surface area contributed by atoms with Crippen molar-refractivity contribution in [2.45, 2.75) is 13.5 Å². The number of aryl methyl sites for hydroxylation is 1. The molecule has 0 saturated heterocycles. The van der Waals surface area contributed by atoms with Gasteiger partial charge in [0.05, 0.1) is 0 Å². The van der Waals surface area contributed by atoms with Crippen LogP contribution < -0.4 is 4.73 Å². The minimum absolute atomic E-state index is 0.814. The molecule has 0 saturated carbocycles. The molecule has 12 heavy (non-hydrogen) atoms. The van der Waals surface area contributed by atoms with E-state index in [1.54, 1.807) is 6.20 Å².